The molecule has 1 aromatic carbocycles. The number of anilines is 1. The molecule has 0 fully saturated rings. The summed E-state index contributed by atoms with van der Waals surface area (Å²) in [5, 5.41) is 18.1. The van der Waals surface area contributed by atoms with Crippen LogP contribution in [-0.4, -0.2) is 50.2 Å². The molecule has 1 heterocycles. The summed E-state index contributed by atoms with van der Waals surface area (Å²) in [4.78, 5) is 22.0. The molecule has 0 unspecified atom stereocenters. The molecule has 1 amide bonds. The van der Waals surface area contributed by atoms with Crippen LogP contribution in [0.4, 0.5) is 11.4 Å². The van der Waals surface area contributed by atoms with Crippen molar-refractivity contribution < 1.29 is 18.1 Å². The summed E-state index contributed by atoms with van der Waals surface area (Å²) in [5.74, 6) is -0.160. The van der Waals surface area contributed by atoms with Crippen molar-refractivity contribution in [3.63, 3.8) is 0 Å². The van der Waals surface area contributed by atoms with Crippen LogP contribution in [0.2, 0.25) is 0 Å². The second-order valence-electron chi connectivity index (χ2n) is 5.94. The molecule has 0 aliphatic heterocycles. The van der Waals surface area contributed by atoms with E-state index in [1.807, 2.05) is 0 Å². The number of hydrogen-bond donors (Lipinski definition) is 2. The Morgan fingerprint density at radius 2 is 1.93 bits per heavy atom. The van der Waals surface area contributed by atoms with Gasteiger partial charge < -0.3 is 10.6 Å². The normalized spacial score (nSPS) is 11.4. The molecule has 152 valence electrons. The molecule has 9 nitrogen and oxygen atoms in total. The monoisotopic (exact) mass is 426 g/mol. The van der Waals surface area contributed by atoms with Crippen molar-refractivity contribution in [1.82, 2.24) is 9.62 Å². The predicted octanol–water partition coefficient (Wildman–Crippen LogP) is 2.29. The molecule has 1 aromatic heterocycles. The van der Waals surface area contributed by atoms with Gasteiger partial charge in [0.1, 0.15) is 4.21 Å². The first-order valence-corrected chi connectivity index (χ1v) is 10.9. The van der Waals surface area contributed by atoms with E-state index in [2.05, 4.69) is 10.6 Å². The van der Waals surface area contributed by atoms with E-state index in [1.165, 1.54) is 23.5 Å². The summed E-state index contributed by atoms with van der Waals surface area (Å²) in [6.45, 7) is 1.12. The lowest BCUT2D eigenvalue weighted by molar-refractivity contribution is -0.384. The molecule has 11 heteroatoms. The highest BCUT2D eigenvalue weighted by molar-refractivity contribution is 7.91. The van der Waals surface area contributed by atoms with Gasteiger partial charge in [-0.25, -0.2) is 12.7 Å². The van der Waals surface area contributed by atoms with E-state index in [0.29, 0.717) is 19.5 Å². The van der Waals surface area contributed by atoms with Gasteiger partial charge >= 0.3 is 0 Å². The fourth-order valence-electron chi connectivity index (χ4n) is 2.34. The molecule has 0 aliphatic rings. The quantitative estimate of drug-likeness (QED) is 0.323. The van der Waals surface area contributed by atoms with Crippen molar-refractivity contribution in [1.29, 1.82) is 0 Å². The number of benzene rings is 1. The number of amides is 1. The Hall–Kier alpha value is -2.50. The lowest BCUT2D eigenvalue weighted by Gasteiger charge is -2.15. The minimum absolute atomic E-state index is 0.0184. The van der Waals surface area contributed by atoms with E-state index in [-0.39, 0.29) is 28.8 Å². The summed E-state index contributed by atoms with van der Waals surface area (Å²) >= 11 is 1.16. The second-order valence-corrected chi connectivity index (χ2v) is 9.16. The van der Waals surface area contributed by atoms with Crippen LogP contribution >= 0.6 is 11.3 Å². The molecule has 2 rings (SSSR count). The molecule has 0 saturated heterocycles. The number of nitro groups is 1. The maximum atomic E-state index is 12.3. The van der Waals surface area contributed by atoms with Gasteiger partial charge in [-0.15, -0.1) is 11.3 Å². The minimum Gasteiger partial charge on any atom is -0.383 e. The smallest absolute Gasteiger partial charge is 0.269 e. The number of rotatable bonds is 11. The van der Waals surface area contributed by atoms with Crippen molar-refractivity contribution >= 4 is 38.6 Å². The number of nitrogens with one attached hydrogen (secondary N) is 2. The zero-order valence-electron chi connectivity index (χ0n) is 15.3. The maximum absolute atomic E-state index is 12.3. The number of sulfonamides is 1. The van der Waals surface area contributed by atoms with Crippen molar-refractivity contribution in [2.45, 2.75) is 17.1 Å². The number of non-ortho nitro benzene ring substituents is 1. The summed E-state index contributed by atoms with van der Waals surface area (Å²) in [6, 6.07) is 9.25. The fraction of sp³-hybridized carbons (Fsp3) is 0.353. The number of nitro benzene ring substituents is 1. The zero-order chi connectivity index (χ0) is 20.6. The molecule has 0 radical (unpaired) electrons. The van der Waals surface area contributed by atoms with E-state index < -0.39 is 14.9 Å². The average molecular weight is 427 g/mol. The van der Waals surface area contributed by atoms with Gasteiger partial charge in [0.2, 0.25) is 5.91 Å². The van der Waals surface area contributed by atoms with Crippen LogP contribution in [0.25, 0.3) is 0 Å². The summed E-state index contributed by atoms with van der Waals surface area (Å²) in [7, 11) is -1.98. The van der Waals surface area contributed by atoms with Gasteiger partial charge in [0.25, 0.3) is 15.7 Å². The Morgan fingerprint density at radius 1 is 1.21 bits per heavy atom. The molecule has 0 bridgehead atoms. The van der Waals surface area contributed by atoms with Gasteiger partial charge in [-0.2, -0.15) is 0 Å². The standard InChI is InChI=1S/C17H22N4O5S2/c1-20(28(25,26)17-5-3-13-27-17)12-2-4-16(22)19-11-10-18-14-6-8-15(9-7-14)21(23)24/h3,5-9,13,18H,2,4,10-12H2,1H3,(H,19,22). The van der Waals surface area contributed by atoms with E-state index in [9.17, 15) is 23.3 Å². The SMILES string of the molecule is CN(CCCC(=O)NCCNc1ccc([N+](=O)[O-])cc1)S(=O)(=O)c1cccs1. The van der Waals surface area contributed by atoms with Gasteiger partial charge in [-0.05, 0) is 30.0 Å². The van der Waals surface area contributed by atoms with Crippen LogP contribution < -0.4 is 10.6 Å². The summed E-state index contributed by atoms with van der Waals surface area (Å²) < 4.78 is 26.1. The summed E-state index contributed by atoms with van der Waals surface area (Å²) in [6.07, 6.45) is 0.643. The highest BCUT2D eigenvalue weighted by Crippen LogP contribution is 2.20. The Morgan fingerprint density at radius 3 is 2.54 bits per heavy atom. The van der Waals surface area contributed by atoms with Crippen LogP contribution in [0, 0.1) is 10.1 Å². The van der Waals surface area contributed by atoms with Crippen molar-refractivity contribution in [2.75, 3.05) is 32.0 Å². The number of nitrogens with zero attached hydrogens (tertiary/aromatic N) is 2. The molecular formula is C17H22N4O5S2. The zero-order valence-corrected chi connectivity index (χ0v) is 17.0. The first-order valence-electron chi connectivity index (χ1n) is 8.55. The van der Waals surface area contributed by atoms with Crippen LogP contribution in [0.3, 0.4) is 0 Å². The first kappa shape index (κ1) is 21.8. The Labute approximate surface area is 167 Å². The maximum Gasteiger partial charge on any atom is 0.269 e. The number of hydrogen-bond acceptors (Lipinski definition) is 7. The van der Waals surface area contributed by atoms with Gasteiger partial charge in [-0.1, -0.05) is 6.07 Å². The molecular weight excluding hydrogens is 404 g/mol. The predicted molar refractivity (Wildman–Crippen MR) is 108 cm³/mol. The molecule has 28 heavy (non-hydrogen) atoms. The second kappa shape index (κ2) is 10.2. The molecule has 2 N–H and O–H groups in total. The average Bonchev–Trinajstić information content (AvgIpc) is 3.21. The number of thiophene rings is 1. The highest BCUT2D eigenvalue weighted by atomic mass is 32.2. The Bertz CT molecular complexity index is 883. The van der Waals surface area contributed by atoms with Crippen LogP contribution in [0.1, 0.15) is 12.8 Å². The molecule has 0 atom stereocenters. The highest BCUT2D eigenvalue weighted by Gasteiger charge is 2.21. The Balaban J connectivity index is 1.63. The van der Waals surface area contributed by atoms with Crippen molar-refractivity contribution in [3.05, 3.63) is 51.9 Å². The van der Waals surface area contributed by atoms with E-state index >= 15 is 0 Å². The largest absolute Gasteiger partial charge is 0.383 e. The van der Waals surface area contributed by atoms with Gasteiger partial charge in [0.05, 0.1) is 4.92 Å². The lowest BCUT2D eigenvalue weighted by Crippen LogP contribution is -2.31. The van der Waals surface area contributed by atoms with E-state index in [1.54, 1.807) is 29.6 Å². The Kier molecular flexibility index (Phi) is 7.91. The van der Waals surface area contributed by atoms with Crippen molar-refractivity contribution in [3.8, 4) is 0 Å². The third kappa shape index (κ3) is 6.29. The molecule has 0 spiro atoms. The van der Waals surface area contributed by atoms with Crippen LogP contribution in [0.15, 0.2) is 46.0 Å². The minimum atomic E-state index is -3.49. The molecule has 2 aromatic rings. The van der Waals surface area contributed by atoms with Gasteiger partial charge in [0, 0.05) is 50.9 Å². The lowest BCUT2D eigenvalue weighted by atomic mass is 10.3. The van der Waals surface area contributed by atoms with E-state index in [0.717, 1.165) is 17.0 Å². The fourth-order valence-corrected chi connectivity index (χ4v) is 4.75. The summed E-state index contributed by atoms with van der Waals surface area (Å²) in [5.41, 5.74) is 0.741. The first-order chi connectivity index (χ1) is 13.3. The van der Waals surface area contributed by atoms with Crippen LogP contribution in [-0.2, 0) is 14.8 Å². The van der Waals surface area contributed by atoms with Crippen molar-refractivity contribution in [2.24, 2.45) is 0 Å². The third-order valence-corrected chi connectivity index (χ3v) is 7.12. The molecule has 0 aliphatic carbocycles. The topological polar surface area (TPSA) is 122 Å². The third-order valence-electron chi connectivity index (χ3n) is 3.89. The number of carbonyl (C=O) groups is 1. The van der Waals surface area contributed by atoms with Gasteiger partial charge in [0.15, 0.2) is 0 Å². The van der Waals surface area contributed by atoms with Gasteiger partial charge in [-0.3, -0.25) is 14.9 Å². The number of carbonyl (C=O) groups excluding carboxylic acids is 1. The van der Waals surface area contributed by atoms with E-state index in [4.69, 9.17) is 0 Å². The molecule has 0 saturated carbocycles. The van der Waals surface area contributed by atoms with Crippen LogP contribution in [0.5, 0.6) is 0 Å².